The Morgan fingerprint density at radius 1 is 1.21 bits per heavy atom. The van der Waals surface area contributed by atoms with Gasteiger partial charge in [-0.3, -0.25) is 0 Å². The van der Waals surface area contributed by atoms with E-state index in [-0.39, 0.29) is 11.6 Å². The quantitative estimate of drug-likeness (QED) is 0.899. The topological polar surface area (TPSA) is 23.5 Å². The number of nitrogens with zero attached hydrogens (tertiary/aromatic N) is 1. The smallest absolute Gasteiger partial charge is 0.0767 e. The summed E-state index contributed by atoms with van der Waals surface area (Å²) in [5.41, 5.74) is 4.01. The van der Waals surface area contributed by atoms with Crippen molar-refractivity contribution in [2.45, 2.75) is 65.0 Å². The van der Waals surface area contributed by atoms with Crippen LogP contribution in [0.3, 0.4) is 0 Å². The molecule has 0 aliphatic carbocycles. The number of hydrogen-bond acceptors (Lipinski definition) is 2. The van der Waals surface area contributed by atoms with E-state index in [2.05, 4.69) is 50.8 Å². The number of para-hydroxylation sites is 1. The van der Waals surface area contributed by atoms with Crippen molar-refractivity contribution in [2.75, 3.05) is 11.4 Å². The average Bonchev–Trinajstić information content (AvgIpc) is 2.41. The van der Waals surface area contributed by atoms with Gasteiger partial charge in [0.15, 0.2) is 0 Å². The standard InChI is InChI=1S/C17H27NO/c1-5-13-9-7-10-14(6-2)16(13)18-12-8-11-15(19)17(18,3)4/h7,9-10,15,19H,5-6,8,11-12H2,1-4H3. The van der Waals surface area contributed by atoms with Crippen molar-refractivity contribution in [3.8, 4) is 0 Å². The number of benzene rings is 1. The highest BCUT2D eigenvalue weighted by molar-refractivity contribution is 5.62. The van der Waals surface area contributed by atoms with E-state index in [1.165, 1.54) is 16.8 Å². The third kappa shape index (κ3) is 2.51. The van der Waals surface area contributed by atoms with Crippen LogP contribution in [0, 0.1) is 0 Å². The lowest BCUT2D eigenvalue weighted by molar-refractivity contribution is 0.0710. The molecule has 1 unspecified atom stereocenters. The number of aliphatic hydroxyl groups is 1. The lowest BCUT2D eigenvalue weighted by atomic mass is 9.85. The Hall–Kier alpha value is -1.02. The minimum absolute atomic E-state index is 0.173. The van der Waals surface area contributed by atoms with Crippen LogP contribution in [-0.4, -0.2) is 23.3 Å². The van der Waals surface area contributed by atoms with E-state index in [0.717, 1.165) is 32.2 Å². The van der Waals surface area contributed by atoms with Gasteiger partial charge in [-0.25, -0.2) is 0 Å². The Kier molecular flexibility index (Phi) is 4.19. The molecular formula is C17H27NO. The number of rotatable bonds is 3. The maximum Gasteiger partial charge on any atom is 0.0767 e. The van der Waals surface area contributed by atoms with E-state index < -0.39 is 0 Å². The van der Waals surface area contributed by atoms with Crippen molar-refractivity contribution in [1.29, 1.82) is 0 Å². The maximum atomic E-state index is 10.4. The molecular weight excluding hydrogens is 234 g/mol. The molecule has 1 N–H and O–H groups in total. The number of aryl methyl sites for hydroxylation is 2. The summed E-state index contributed by atoms with van der Waals surface area (Å²) in [6, 6.07) is 6.62. The molecule has 2 nitrogen and oxygen atoms in total. The summed E-state index contributed by atoms with van der Waals surface area (Å²) in [7, 11) is 0. The third-order valence-electron chi connectivity index (χ3n) is 4.61. The predicted molar refractivity (Wildman–Crippen MR) is 81.9 cm³/mol. The number of hydrogen-bond donors (Lipinski definition) is 1. The molecule has 1 heterocycles. The van der Waals surface area contributed by atoms with E-state index in [4.69, 9.17) is 0 Å². The largest absolute Gasteiger partial charge is 0.391 e. The number of aliphatic hydroxyl groups excluding tert-OH is 1. The zero-order chi connectivity index (χ0) is 14.0. The molecule has 0 radical (unpaired) electrons. The van der Waals surface area contributed by atoms with Crippen molar-refractivity contribution in [3.05, 3.63) is 29.3 Å². The second kappa shape index (κ2) is 5.54. The van der Waals surface area contributed by atoms with Crippen LogP contribution in [0.2, 0.25) is 0 Å². The summed E-state index contributed by atoms with van der Waals surface area (Å²) in [6.07, 6.45) is 3.85. The fourth-order valence-electron chi connectivity index (χ4n) is 3.23. The highest BCUT2D eigenvalue weighted by Gasteiger charge is 2.38. The fraction of sp³-hybridized carbons (Fsp3) is 0.647. The summed E-state index contributed by atoms with van der Waals surface area (Å²) in [4.78, 5) is 2.44. The molecule has 1 aliphatic rings. The van der Waals surface area contributed by atoms with E-state index in [1.54, 1.807) is 0 Å². The molecule has 0 bridgehead atoms. The molecule has 1 fully saturated rings. The van der Waals surface area contributed by atoms with Crippen LogP contribution in [0.15, 0.2) is 18.2 Å². The molecule has 1 saturated heterocycles. The van der Waals surface area contributed by atoms with Crippen LogP contribution in [0.4, 0.5) is 5.69 Å². The Bertz CT molecular complexity index is 417. The van der Waals surface area contributed by atoms with Gasteiger partial charge in [-0.2, -0.15) is 0 Å². The fourth-order valence-corrected chi connectivity index (χ4v) is 3.23. The maximum absolute atomic E-state index is 10.4. The van der Waals surface area contributed by atoms with Crippen molar-refractivity contribution in [3.63, 3.8) is 0 Å². The molecule has 0 spiro atoms. The monoisotopic (exact) mass is 261 g/mol. The summed E-state index contributed by atoms with van der Waals surface area (Å²) in [5.74, 6) is 0. The highest BCUT2D eigenvalue weighted by Crippen LogP contribution is 2.37. The van der Waals surface area contributed by atoms with Crippen molar-refractivity contribution in [1.82, 2.24) is 0 Å². The van der Waals surface area contributed by atoms with Crippen LogP contribution in [-0.2, 0) is 12.8 Å². The van der Waals surface area contributed by atoms with E-state index in [9.17, 15) is 5.11 Å². The lowest BCUT2D eigenvalue weighted by Crippen LogP contribution is -2.57. The van der Waals surface area contributed by atoms with Crippen LogP contribution in [0.5, 0.6) is 0 Å². The second-order valence-electron chi connectivity index (χ2n) is 6.10. The first-order chi connectivity index (χ1) is 9.02. The van der Waals surface area contributed by atoms with Gasteiger partial charge in [-0.05, 0) is 50.7 Å². The molecule has 1 aliphatic heterocycles. The van der Waals surface area contributed by atoms with Crippen molar-refractivity contribution < 1.29 is 5.11 Å². The Morgan fingerprint density at radius 3 is 2.32 bits per heavy atom. The van der Waals surface area contributed by atoms with Gasteiger partial charge in [0, 0.05) is 12.2 Å². The normalized spacial score (nSPS) is 22.6. The summed E-state index contributed by atoms with van der Waals surface area (Å²) in [5, 5.41) is 10.4. The summed E-state index contributed by atoms with van der Waals surface area (Å²) in [6.45, 7) is 9.82. The average molecular weight is 261 g/mol. The minimum Gasteiger partial charge on any atom is -0.391 e. The van der Waals surface area contributed by atoms with Gasteiger partial charge >= 0.3 is 0 Å². The Balaban J connectivity index is 2.50. The van der Waals surface area contributed by atoms with Gasteiger partial charge in [0.25, 0.3) is 0 Å². The SMILES string of the molecule is CCc1cccc(CC)c1N1CCCC(O)C1(C)C. The van der Waals surface area contributed by atoms with E-state index in [0.29, 0.717) is 0 Å². The van der Waals surface area contributed by atoms with Gasteiger partial charge < -0.3 is 10.0 Å². The minimum atomic E-state index is -0.240. The molecule has 2 rings (SSSR count). The molecule has 0 saturated carbocycles. The molecule has 19 heavy (non-hydrogen) atoms. The first-order valence-corrected chi connectivity index (χ1v) is 7.58. The van der Waals surface area contributed by atoms with Gasteiger partial charge in [0.1, 0.15) is 0 Å². The Labute approximate surface area is 117 Å². The van der Waals surface area contributed by atoms with Crippen LogP contribution >= 0.6 is 0 Å². The lowest BCUT2D eigenvalue weighted by Gasteiger charge is -2.48. The molecule has 2 heteroatoms. The second-order valence-corrected chi connectivity index (χ2v) is 6.10. The molecule has 0 amide bonds. The van der Waals surface area contributed by atoms with Crippen LogP contribution in [0.1, 0.15) is 51.7 Å². The van der Waals surface area contributed by atoms with Crippen LogP contribution < -0.4 is 4.90 Å². The van der Waals surface area contributed by atoms with Gasteiger partial charge in [0.2, 0.25) is 0 Å². The van der Waals surface area contributed by atoms with Crippen LogP contribution in [0.25, 0.3) is 0 Å². The third-order valence-corrected chi connectivity index (χ3v) is 4.61. The van der Waals surface area contributed by atoms with Gasteiger partial charge in [0.05, 0.1) is 11.6 Å². The van der Waals surface area contributed by atoms with Crippen molar-refractivity contribution in [2.24, 2.45) is 0 Å². The number of piperidine rings is 1. The van der Waals surface area contributed by atoms with E-state index in [1.807, 2.05) is 0 Å². The van der Waals surface area contributed by atoms with E-state index >= 15 is 0 Å². The first-order valence-electron chi connectivity index (χ1n) is 7.58. The molecule has 1 atom stereocenters. The molecule has 1 aromatic rings. The zero-order valence-electron chi connectivity index (χ0n) is 12.7. The zero-order valence-corrected chi connectivity index (χ0v) is 12.7. The predicted octanol–water partition coefficient (Wildman–Crippen LogP) is 3.55. The molecule has 1 aromatic carbocycles. The highest BCUT2D eigenvalue weighted by atomic mass is 16.3. The first kappa shape index (κ1) is 14.4. The molecule has 0 aromatic heterocycles. The van der Waals surface area contributed by atoms with Crippen molar-refractivity contribution >= 4 is 5.69 Å². The number of anilines is 1. The summed E-state index contributed by atoms with van der Waals surface area (Å²) < 4.78 is 0. The van der Waals surface area contributed by atoms with Gasteiger partial charge in [-0.15, -0.1) is 0 Å². The van der Waals surface area contributed by atoms with Gasteiger partial charge in [-0.1, -0.05) is 32.0 Å². The Morgan fingerprint density at radius 2 is 1.79 bits per heavy atom. The molecule has 106 valence electrons. The summed E-state index contributed by atoms with van der Waals surface area (Å²) >= 11 is 0.